The number of rotatable bonds is 2. The summed E-state index contributed by atoms with van der Waals surface area (Å²) in [7, 11) is 0. The number of halogens is 4. The maximum absolute atomic E-state index is 14.0. The van der Waals surface area contributed by atoms with Crippen LogP contribution in [0.5, 0.6) is 0 Å². The van der Waals surface area contributed by atoms with Gasteiger partial charge < -0.3 is 9.80 Å². The van der Waals surface area contributed by atoms with Gasteiger partial charge in [-0.1, -0.05) is 23.2 Å². The molecule has 0 N–H and O–H groups in total. The average molecular weight is 455 g/mol. The molecule has 1 aliphatic rings. The molecule has 150 valence electrons. The van der Waals surface area contributed by atoms with Crippen molar-refractivity contribution in [2.75, 3.05) is 26.2 Å². The highest BCUT2D eigenvalue weighted by Gasteiger charge is 2.29. The summed E-state index contributed by atoms with van der Waals surface area (Å²) in [6.45, 7) is 1.08. The molecule has 0 bridgehead atoms. The Morgan fingerprint density at radius 3 is 2.24 bits per heavy atom. The molecule has 0 aliphatic carbocycles. The van der Waals surface area contributed by atoms with Crippen molar-refractivity contribution in [2.45, 2.75) is 0 Å². The number of carbonyl (C=O) groups is 2. The molecule has 0 spiro atoms. The van der Waals surface area contributed by atoms with Gasteiger partial charge in [0.25, 0.3) is 11.8 Å². The standard InChI is InChI=1S/C20H14Cl2F2N2O2S/c21-11-1-4-15(24)14(9-11)19(27)25-5-7-26(8-6-25)20(28)18-17(22)13-3-2-12(23)10-16(13)29-18/h1-4,9-10H,5-8H2. The second kappa shape index (κ2) is 7.89. The molecule has 4 rings (SSSR count). The Kier molecular flexibility index (Phi) is 5.46. The van der Waals surface area contributed by atoms with E-state index in [1.54, 1.807) is 11.0 Å². The summed E-state index contributed by atoms with van der Waals surface area (Å²) >= 11 is 13.3. The fraction of sp³-hybridized carbons (Fsp3) is 0.200. The summed E-state index contributed by atoms with van der Waals surface area (Å²) in [5, 5.41) is 1.21. The molecule has 9 heteroatoms. The quantitative estimate of drug-likeness (QED) is 0.541. The molecule has 1 aliphatic heterocycles. The van der Waals surface area contributed by atoms with Gasteiger partial charge in [0.2, 0.25) is 0 Å². The Labute approximate surface area is 179 Å². The summed E-state index contributed by atoms with van der Waals surface area (Å²) < 4.78 is 28.0. The van der Waals surface area contributed by atoms with Crippen molar-refractivity contribution in [2.24, 2.45) is 0 Å². The van der Waals surface area contributed by atoms with Gasteiger partial charge in [-0.15, -0.1) is 11.3 Å². The van der Waals surface area contributed by atoms with E-state index in [1.807, 2.05) is 0 Å². The first-order valence-electron chi connectivity index (χ1n) is 8.76. The summed E-state index contributed by atoms with van der Waals surface area (Å²) in [6.07, 6.45) is 0. The molecule has 29 heavy (non-hydrogen) atoms. The number of nitrogens with zero attached hydrogens (tertiary/aromatic N) is 2. The lowest BCUT2D eigenvalue weighted by molar-refractivity contribution is 0.0535. The van der Waals surface area contributed by atoms with Gasteiger partial charge in [-0.25, -0.2) is 8.78 Å². The van der Waals surface area contributed by atoms with Gasteiger partial charge in [0, 0.05) is 41.3 Å². The first-order chi connectivity index (χ1) is 13.8. The van der Waals surface area contributed by atoms with Crippen molar-refractivity contribution in [1.29, 1.82) is 0 Å². The number of hydrogen-bond acceptors (Lipinski definition) is 3. The molecule has 0 atom stereocenters. The van der Waals surface area contributed by atoms with Crippen molar-refractivity contribution in [3.8, 4) is 0 Å². The summed E-state index contributed by atoms with van der Waals surface area (Å²) in [5.41, 5.74) is -0.0909. The zero-order valence-corrected chi connectivity index (χ0v) is 17.3. The Morgan fingerprint density at radius 1 is 0.897 bits per heavy atom. The van der Waals surface area contributed by atoms with Gasteiger partial charge in [-0.2, -0.15) is 0 Å². The highest BCUT2D eigenvalue weighted by atomic mass is 35.5. The molecule has 3 aromatic rings. The van der Waals surface area contributed by atoms with E-state index in [1.165, 1.54) is 29.2 Å². The lowest BCUT2D eigenvalue weighted by Gasteiger charge is -2.34. The molecule has 1 fully saturated rings. The van der Waals surface area contributed by atoms with Crippen LogP contribution in [0.3, 0.4) is 0 Å². The average Bonchev–Trinajstić information content (AvgIpc) is 3.04. The Hall–Kier alpha value is -2.22. The van der Waals surface area contributed by atoms with Crippen LogP contribution in [0.15, 0.2) is 36.4 Å². The minimum atomic E-state index is -0.637. The zero-order valence-electron chi connectivity index (χ0n) is 14.9. The van der Waals surface area contributed by atoms with Gasteiger partial charge in [0.1, 0.15) is 16.5 Å². The predicted octanol–water partition coefficient (Wildman–Crippen LogP) is 5.08. The van der Waals surface area contributed by atoms with E-state index in [2.05, 4.69) is 0 Å². The topological polar surface area (TPSA) is 40.6 Å². The van der Waals surface area contributed by atoms with E-state index < -0.39 is 17.5 Å². The molecule has 2 aromatic carbocycles. The van der Waals surface area contributed by atoms with Crippen LogP contribution < -0.4 is 0 Å². The van der Waals surface area contributed by atoms with E-state index >= 15 is 0 Å². The van der Waals surface area contributed by atoms with Crippen LogP contribution in [-0.4, -0.2) is 47.8 Å². The number of hydrogen-bond donors (Lipinski definition) is 0. The van der Waals surface area contributed by atoms with Gasteiger partial charge in [0.15, 0.2) is 0 Å². The van der Waals surface area contributed by atoms with Crippen LogP contribution in [0, 0.1) is 11.6 Å². The van der Waals surface area contributed by atoms with E-state index in [0.717, 1.165) is 17.4 Å². The first-order valence-corrected chi connectivity index (χ1v) is 10.3. The molecule has 2 heterocycles. The Balaban J connectivity index is 1.48. The number of piperazine rings is 1. The van der Waals surface area contributed by atoms with E-state index in [0.29, 0.717) is 20.0 Å². The van der Waals surface area contributed by atoms with Gasteiger partial charge >= 0.3 is 0 Å². The molecule has 0 unspecified atom stereocenters. The van der Waals surface area contributed by atoms with Crippen LogP contribution in [-0.2, 0) is 0 Å². The minimum Gasteiger partial charge on any atom is -0.335 e. The maximum atomic E-state index is 14.0. The normalized spacial score (nSPS) is 14.5. The summed E-state index contributed by atoms with van der Waals surface area (Å²) in [6, 6.07) is 8.03. The van der Waals surface area contributed by atoms with E-state index in [9.17, 15) is 18.4 Å². The van der Waals surface area contributed by atoms with Gasteiger partial charge in [-0.05, 0) is 36.4 Å². The third kappa shape index (κ3) is 3.82. The smallest absolute Gasteiger partial charge is 0.265 e. The highest BCUT2D eigenvalue weighted by molar-refractivity contribution is 7.21. The molecule has 1 saturated heterocycles. The molecule has 1 aromatic heterocycles. The fourth-order valence-corrected chi connectivity index (χ4v) is 4.94. The monoisotopic (exact) mass is 454 g/mol. The maximum Gasteiger partial charge on any atom is 0.265 e. The third-order valence-corrected chi connectivity index (χ3v) is 6.68. The molecule has 4 nitrogen and oxygen atoms in total. The molecule has 0 radical (unpaired) electrons. The number of fused-ring (bicyclic) bond motifs is 1. The van der Waals surface area contributed by atoms with Crippen molar-refractivity contribution >= 4 is 56.4 Å². The van der Waals surface area contributed by atoms with Gasteiger partial charge in [0.05, 0.1) is 10.6 Å². The van der Waals surface area contributed by atoms with Crippen LogP contribution in [0.2, 0.25) is 10.0 Å². The molecular weight excluding hydrogens is 441 g/mol. The van der Waals surface area contributed by atoms with Crippen LogP contribution in [0.25, 0.3) is 10.1 Å². The van der Waals surface area contributed by atoms with Crippen LogP contribution in [0.1, 0.15) is 20.0 Å². The van der Waals surface area contributed by atoms with Crippen molar-refractivity contribution in [3.05, 3.63) is 68.5 Å². The van der Waals surface area contributed by atoms with E-state index in [4.69, 9.17) is 23.2 Å². The number of carbonyl (C=O) groups excluding carboxylic acids is 2. The van der Waals surface area contributed by atoms with E-state index in [-0.39, 0.29) is 42.7 Å². The fourth-order valence-electron chi connectivity index (χ4n) is 3.26. The van der Waals surface area contributed by atoms with Gasteiger partial charge in [-0.3, -0.25) is 9.59 Å². The zero-order chi connectivity index (χ0) is 20.7. The summed E-state index contributed by atoms with van der Waals surface area (Å²) in [5.74, 6) is -1.76. The second-order valence-corrected chi connectivity index (χ2v) is 8.46. The van der Waals surface area contributed by atoms with Crippen LogP contribution >= 0.6 is 34.5 Å². The van der Waals surface area contributed by atoms with Crippen molar-refractivity contribution < 1.29 is 18.4 Å². The third-order valence-electron chi connectivity index (χ3n) is 4.80. The molecule has 0 saturated carbocycles. The predicted molar refractivity (Wildman–Crippen MR) is 110 cm³/mol. The largest absolute Gasteiger partial charge is 0.335 e. The van der Waals surface area contributed by atoms with Crippen LogP contribution in [0.4, 0.5) is 8.78 Å². The van der Waals surface area contributed by atoms with Crippen molar-refractivity contribution in [3.63, 3.8) is 0 Å². The lowest BCUT2D eigenvalue weighted by atomic mass is 10.1. The Bertz CT molecular complexity index is 1130. The Morgan fingerprint density at radius 2 is 1.55 bits per heavy atom. The number of thiophene rings is 1. The highest BCUT2D eigenvalue weighted by Crippen LogP contribution is 2.36. The first kappa shape index (κ1) is 20.1. The van der Waals surface area contributed by atoms with Crippen molar-refractivity contribution in [1.82, 2.24) is 9.80 Å². The number of benzene rings is 2. The SMILES string of the molecule is O=C(c1cc(Cl)ccc1F)N1CCN(C(=O)c2sc3cc(F)ccc3c2Cl)CC1. The number of amides is 2. The molecular formula is C20H14Cl2F2N2O2S. The molecule has 2 amide bonds. The minimum absolute atomic E-state index is 0.0909. The second-order valence-electron chi connectivity index (χ2n) is 6.59. The summed E-state index contributed by atoms with van der Waals surface area (Å²) in [4.78, 5) is 28.9. The lowest BCUT2D eigenvalue weighted by Crippen LogP contribution is -2.50.